The van der Waals surface area contributed by atoms with Gasteiger partial charge >= 0.3 is 0 Å². The summed E-state index contributed by atoms with van der Waals surface area (Å²) in [5, 5.41) is 0.805. The van der Waals surface area contributed by atoms with E-state index >= 15 is 0 Å². The molecule has 0 saturated heterocycles. The molecule has 14 heavy (non-hydrogen) atoms. The predicted molar refractivity (Wildman–Crippen MR) is 55.2 cm³/mol. The Balaban J connectivity index is 2.00. The topological polar surface area (TPSA) is 42.9 Å². The second kappa shape index (κ2) is 4.55. The fourth-order valence-electron chi connectivity index (χ4n) is 1.55. The number of nitrogens with zero attached hydrogens (tertiary/aromatic N) is 2. The summed E-state index contributed by atoms with van der Waals surface area (Å²) in [6.45, 7) is 0. The number of hydrogen-bond donors (Lipinski definition) is 0. The Hall–Kier alpha value is -0.900. The summed E-state index contributed by atoms with van der Waals surface area (Å²) >= 11 is 1.50. The zero-order valence-electron chi connectivity index (χ0n) is 7.85. The lowest BCUT2D eigenvalue weighted by Crippen LogP contribution is -2.21. The molecule has 0 aromatic carbocycles. The van der Waals surface area contributed by atoms with Crippen molar-refractivity contribution in [3.63, 3.8) is 0 Å². The third kappa shape index (κ3) is 2.32. The molecule has 1 aliphatic rings. The van der Waals surface area contributed by atoms with E-state index in [1.807, 2.05) is 0 Å². The molecule has 74 valence electrons. The van der Waals surface area contributed by atoms with Crippen LogP contribution in [0.2, 0.25) is 0 Å². The molecule has 3 nitrogen and oxygen atoms in total. The number of hydrogen-bond acceptors (Lipinski definition) is 4. The maximum Gasteiger partial charge on any atom is 0.188 e. The maximum atomic E-state index is 11.5. The number of carbonyl (C=O) groups excluding carboxylic acids is 1. The first-order valence-corrected chi connectivity index (χ1v) is 5.70. The number of thioether (sulfide) groups is 1. The average molecular weight is 208 g/mol. The highest BCUT2D eigenvalue weighted by molar-refractivity contribution is 8.00. The van der Waals surface area contributed by atoms with Crippen molar-refractivity contribution < 1.29 is 4.79 Å². The van der Waals surface area contributed by atoms with Crippen molar-refractivity contribution in [3.05, 3.63) is 18.5 Å². The van der Waals surface area contributed by atoms with Crippen LogP contribution in [0, 0.1) is 0 Å². The van der Waals surface area contributed by atoms with Crippen LogP contribution < -0.4 is 0 Å². The number of ketones is 1. The highest BCUT2D eigenvalue weighted by Gasteiger charge is 2.23. The number of aromatic nitrogens is 2. The lowest BCUT2D eigenvalue weighted by atomic mass is 9.99. The number of carbonyl (C=O) groups is 1. The third-order valence-electron chi connectivity index (χ3n) is 2.29. The SMILES string of the molecule is O=C1CCCCC1Sc1ncccn1. The van der Waals surface area contributed by atoms with E-state index in [0.717, 1.165) is 25.7 Å². The Morgan fingerprint density at radius 1 is 1.29 bits per heavy atom. The molecule has 0 aliphatic heterocycles. The molecule has 0 spiro atoms. The van der Waals surface area contributed by atoms with Crippen LogP contribution in [0.3, 0.4) is 0 Å². The molecule has 1 aromatic heterocycles. The minimum Gasteiger partial charge on any atom is -0.298 e. The minimum atomic E-state index is 0.0890. The van der Waals surface area contributed by atoms with E-state index in [0.29, 0.717) is 10.9 Å². The van der Waals surface area contributed by atoms with Gasteiger partial charge in [0.15, 0.2) is 5.16 Å². The third-order valence-corrected chi connectivity index (χ3v) is 3.49. The van der Waals surface area contributed by atoms with E-state index < -0.39 is 0 Å². The predicted octanol–water partition coefficient (Wildman–Crippen LogP) is 2.08. The molecule has 0 radical (unpaired) electrons. The van der Waals surface area contributed by atoms with Crippen molar-refractivity contribution in [1.29, 1.82) is 0 Å². The van der Waals surface area contributed by atoms with Crippen molar-refractivity contribution in [1.82, 2.24) is 9.97 Å². The lowest BCUT2D eigenvalue weighted by molar-refractivity contribution is -0.119. The van der Waals surface area contributed by atoms with Crippen LogP contribution in [0.15, 0.2) is 23.6 Å². The van der Waals surface area contributed by atoms with Crippen LogP contribution in [0.25, 0.3) is 0 Å². The van der Waals surface area contributed by atoms with Crippen molar-refractivity contribution in [2.75, 3.05) is 0 Å². The van der Waals surface area contributed by atoms with E-state index in [-0.39, 0.29) is 5.25 Å². The summed E-state index contributed by atoms with van der Waals surface area (Å²) in [5.74, 6) is 0.355. The molecule has 1 unspecified atom stereocenters. The molecule has 1 aromatic rings. The summed E-state index contributed by atoms with van der Waals surface area (Å²) < 4.78 is 0. The molecule has 1 heterocycles. The van der Waals surface area contributed by atoms with Gasteiger partial charge in [0, 0.05) is 18.8 Å². The highest BCUT2D eigenvalue weighted by Crippen LogP contribution is 2.28. The maximum absolute atomic E-state index is 11.5. The van der Waals surface area contributed by atoms with Gasteiger partial charge in [0.1, 0.15) is 5.78 Å². The minimum absolute atomic E-state index is 0.0890. The number of Topliss-reactive ketones (excluding diaryl/α,β-unsaturated/α-hetero) is 1. The van der Waals surface area contributed by atoms with Crippen LogP contribution in [-0.4, -0.2) is 21.0 Å². The van der Waals surface area contributed by atoms with Crippen LogP contribution in [-0.2, 0) is 4.79 Å². The van der Waals surface area contributed by atoms with Crippen molar-refractivity contribution >= 4 is 17.5 Å². The van der Waals surface area contributed by atoms with Crippen molar-refractivity contribution in [3.8, 4) is 0 Å². The molecular weight excluding hydrogens is 196 g/mol. The molecule has 1 saturated carbocycles. The van der Waals surface area contributed by atoms with Gasteiger partial charge < -0.3 is 0 Å². The quantitative estimate of drug-likeness (QED) is 0.698. The summed E-state index contributed by atoms with van der Waals surface area (Å²) in [7, 11) is 0. The molecule has 0 bridgehead atoms. The van der Waals surface area contributed by atoms with Crippen molar-refractivity contribution in [2.45, 2.75) is 36.1 Å². The zero-order chi connectivity index (χ0) is 9.80. The Kier molecular flexibility index (Phi) is 3.14. The van der Waals surface area contributed by atoms with Gasteiger partial charge in [-0.1, -0.05) is 18.2 Å². The largest absolute Gasteiger partial charge is 0.298 e. The van der Waals surface area contributed by atoms with Gasteiger partial charge in [-0.2, -0.15) is 0 Å². The van der Waals surface area contributed by atoms with E-state index in [2.05, 4.69) is 9.97 Å². The molecule has 2 rings (SSSR count). The first-order chi connectivity index (χ1) is 6.86. The normalized spacial score (nSPS) is 22.3. The smallest absolute Gasteiger partial charge is 0.188 e. The van der Waals surface area contributed by atoms with Crippen LogP contribution >= 0.6 is 11.8 Å². The first-order valence-electron chi connectivity index (χ1n) is 4.82. The van der Waals surface area contributed by atoms with Crippen LogP contribution in [0.5, 0.6) is 0 Å². The van der Waals surface area contributed by atoms with Crippen LogP contribution in [0.4, 0.5) is 0 Å². The van der Waals surface area contributed by atoms with Gasteiger partial charge in [-0.05, 0) is 18.9 Å². The average Bonchev–Trinajstić information content (AvgIpc) is 2.23. The highest BCUT2D eigenvalue weighted by atomic mass is 32.2. The molecule has 0 amide bonds. The van der Waals surface area contributed by atoms with Gasteiger partial charge in [0.05, 0.1) is 5.25 Å². The second-order valence-electron chi connectivity index (χ2n) is 3.35. The molecular formula is C10H12N2OS. The zero-order valence-corrected chi connectivity index (χ0v) is 8.67. The van der Waals surface area contributed by atoms with E-state index in [1.54, 1.807) is 18.5 Å². The summed E-state index contributed by atoms with van der Waals surface area (Å²) in [6, 6.07) is 1.78. The summed E-state index contributed by atoms with van der Waals surface area (Å²) in [6.07, 6.45) is 7.32. The Bertz CT molecular complexity index is 315. The standard InChI is InChI=1S/C10H12N2OS/c13-8-4-1-2-5-9(8)14-10-11-6-3-7-12-10/h3,6-7,9H,1-2,4-5H2. The Morgan fingerprint density at radius 2 is 2.07 bits per heavy atom. The molecule has 1 aliphatic carbocycles. The van der Waals surface area contributed by atoms with E-state index in [1.165, 1.54) is 11.8 Å². The lowest BCUT2D eigenvalue weighted by Gasteiger charge is -2.18. The van der Waals surface area contributed by atoms with E-state index in [9.17, 15) is 4.79 Å². The van der Waals surface area contributed by atoms with E-state index in [4.69, 9.17) is 0 Å². The van der Waals surface area contributed by atoms with Crippen LogP contribution in [0.1, 0.15) is 25.7 Å². The Labute approximate surface area is 87.3 Å². The van der Waals surface area contributed by atoms with Gasteiger partial charge in [-0.15, -0.1) is 0 Å². The molecule has 1 atom stereocenters. The first kappa shape index (κ1) is 9.65. The fraction of sp³-hybridized carbons (Fsp3) is 0.500. The molecule has 4 heteroatoms. The molecule has 0 N–H and O–H groups in total. The number of rotatable bonds is 2. The van der Waals surface area contributed by atoms with Gasteiger partial charge in [0.2, 0.25) is 0 Å². The summed E-state index contributed by atoms with van der Waals surface area (Å²) in [5.41, 5.74) is 0. The van der Waals surface area contributed by atoms with Gasteiger partial charge in [-0.25, -0.2) is 9.97 Å². The van der Waals surface area contributed by atoms with Gasteiger partial charge in [-0.3, -0.25) is 4.79 Å². The fourth-order valence-corrected chi connectivity index (χ4v) is 2.58. The Morgan fingerprint density at radius 3 is 2.79 bits per heavy atom. The van der Waals surface area contributed by atoms with Crippen molar-refractivity contribution in [2.24, 2.45) is 0 Å². The molecule has 1 fully saturated rings. The monoisotopic (exact) mass is 208 g/mol. The summed E-state index contributed by atoms with van der Waals surface area (Å²) in [4.78, 5) is 19.7. The van der Waals surface area contributed by atoms with Gasteiger partial charge in [0.25, 0.3) is 0 Å². The second-order valence-corrected chi connectivity index (χ2v) is 4.52.